The van der Waals surface area contributed by atoms with Gasteiger partial charge in [-0.05, 0) is 56.2 Å². The predicted octanol–water partition coefficient (Wildman–Crippen LogP) is 4.53. The molecule has 1 aliphatic rings. The number of rotatable bonds is 6. The van der Waals surface area contributed by atoms with Gasteiger partial charge in [0.1, 0.15) is 5.82 Å². The van der Waals surface area contributed by atoms with Crippen LogP contribution in [0.4, 0.5) is 4.39 Å². The van der Waals surface area contributed by atoms with Gasteiger partial charge >= 0.3 is 0 Å². The van der Waals surface area contributed by atoms with Gasteiger partial charge in [0.2, 0.25) is 10.0 Å². The summed E-state index contributed by atoms with van der Waals surface area (Å²) < 4.78 is 41.1. The summed E-state index contributed by atoms with van der Waals surface area (Å²) in [5.74, 6) is 0.0852. The summed E-state index contributed by atoms with van der Waals surface area (Å²) in [5, 5.41) is -0.413. The van der Waals surface area contributed by atoms with Gasteiger partial charge in [0, 0.05) is 11.6 Å². The zero-order valence-corrected chi connectivity index (χ0v) is 16.1. The molecular weight excluding hydrogens is 349 g/mol. The molecule has 0 heterocycles. The third kappa shape index (κ3) is 4.33. The van der Waals surface area contributed by atoms with Crippen molar-refractivity contribution in [2.45, 2.75) is 50.8 Å². The van der Waals surface area contributed by atoms with E-state index >= 15 is 0 Å². The number of sulfonamides is 1. The fraction of sp³-hybridized carbons (Fsp3) is 0.429. The Labute approximate surface area is 155 Å². The van der Waals surface area contributed by atoms with Crippen molar-refractivity contribution < 1.29 is 12.8 Å². The zero-order valence-electron chi connectivity index (χ0n) is 15.3. The van der Waals surface area contributed by atoms with E-state index in [2.05, 4.69) is 4.72 Å². The highest BCUT2D eigenvalue weighted by molar-refractivity contribution is 7.90. The van der Waals surface area contributed by atoms with E-state index in [0.29, 0.717) is 11.5 Å². The molecule has 3 nitrogen and oxygen atoms in total. The molecule has 2 aromatic carbocycles. The summed E-state index contributed by atoms with van der Waals surface area (Å²) in [6, 6.07) is 14.7. The van der Waals surface area contributed by atoms with E-state index in [1.807, 2.05) is 30.3 Å². The van der Waals surface area contributed by atoms with Crippen LogP contribution in [0.1, 0.15) is 38.7 Å². The maximum Gasteiger partial charge on any atom is 0.214 e. The van der Waals surface area contributed by atoms with Gasteiger partial charge in [-0.2, -0.15) is 0 Å². The maximum atomic E-state index is 13.9. The minimum atomic E-state index is -3.25. The number of hydrogen-bond acceptors (Lipinski definition) is 2. The van der Waals surface area contributed by atoms with Crippen LogP contribution in [0, 0.1) is 11.7 Å². The lowest BCUT2D eigenvalue weighted by molar-refractivity contribution is 0.440. The summed E-state index contributed by atoms with van der Waals surface area (Å²) >= 11 is 0. The molecule has 26 heavy (non-hydrogen) atoms. The number of benzene rings is 2. The van der Waals surface area contributed by atoms with Crippen molar-refractivity contribution >= 4 is 10.0 Å². The minimum Gasteiger partial charge on any atom is -0.212 e. The van der Waals surface area contributed by atoms with Gasteiger partial charge in [0.15, 0.2) is 0 Å². The first-order valence-electron chi connectivity index (χ1n) is 9.22. The Morgan fingerprint density at radius 2 is 1.77 bits per heavy atom. The van der Waals surface area contributed by atoms with Crippen LogP contribution in [0.5, 0.6) is 0 Å². The van der Waals surface area contributed by atoms with Crippen molar-refractivity contribution in [2.75, 3.05) is 0 Å². The summed E-state index contributed by atoms with van der Waals surface area (Å²) in [6.07, 6.45) is 3.80. The van der Waals surface area contributed by atoms with Gasteiger partial charge in [0.05, 0.1) is 5.25 Å². The first-order chi connectivity index (χ1) is 12.4. The fourth-order valence-electron chi connectivity index (χ4n) is 3.60. The van der Waals surface area contributed by atoms with E-state index in [1.165, 1.54) is 6.07 Å². The third-order valence-electron chi connectivity index (χ3n) is 5.23. The zero-order chi connectivity index (χ0) is 18.7. The van der Waals surface area contributed by atoms with Crippen LogP contribution in [0.3, 0.4) is 0 Å². The van der Waals surface area contributed by atoms with Crippen LogP contribution in [-0.4, -0.2) is 19.7 Å². The van der Waals surface area contributed by atoms with Crippen LogP contribution in [0.25, 0.3) is 11.1 Å². The molecule has 0 aromatic heterocycles. The summed E-state index contributed by atoms with van der Waals surface area (Å²) in [6.45, 7) is 3.40. The van der Waals surface area contributed by atoms with Gasteiger partial charge in [-0.3, -0.25) is 0 Å². The van der Waals surface area contributed by atoms with Gasteiger partial charge < -0.3 is 0 Å². The predicted molar refractivity (Wildman–Crippen MR) is 104 cm³/mol. The van der Waals surface area contributed by atoms with Gasteiger partial charge in [0.25, 0.3) is 0 Å². The first kappa shape index (κ1) is 19.1. The van der Waals surface area contributed by atoms with E-state index < -0.39 is 15.3 Å². The van der Waals surface area contributed by atoms with Crippen LogP contribution in [-0.2, 0) is 16.4 Å². The van der Waals surface area contributed by atoms with Crippen molar-refractivity contribution in [1.82, 2.24) is 4.72 Å². The second-order valence-corrected chi connectivity index (χ2v) is 9.66. The van der Waals surface area contributed by atoms with Crippen LogP contribution in [0.15, 0.2) is 48.5 Å². The Hall–Kier alpha value is -1.72. The Morgan fingerprint density at radius 1 is 1.08 bits per heavy atom. The molecule has 0 aliphatic heterocycles. The highest BCUT2D eigenvalue weighted by Crippen LogP contribution is 2.30. The van der Waals surface area contributed by atoms with Gasteiger partial charge in [-0.1, -0.05) is 48.9 Å². The standard InChI is InChI=1S/C21H26FNO2S/c1-15(2)26(24,25)23-21-9-5-6-18(21)14-16-10-12-17(13-11-16)19-7-3-4-8-20(19)22/h3-4,7-8,10-13,15,18,21,23H,5-6,9,14H2,1-2H3/t18-,21-/m1/s1. The number of halogens is 1. The SMILES string of the molecule is CC(C)S(=O)(=O)N[C@@H]1CCC[C@@H]1Cc1ccc(-c2ccccc2F)cc1. The average Bonchev–Trinajstić information content (AvgIpc) is 3.02. The normalized spacial score (nSPS) is 20.6. The van der Waals surface area contributed by atoms with E-state index in [-0.39, 0.29) is 11.9 Å². The molecule has 2 atom stereocenters. The van der Waals surface area contributed by atoms with E-state index in [9.17, 15) is 12.8 Å². The monoisotopic (exact) mass is 375 g/mol. The molecule has 0 radical (unpaired) electrons. The van der Waals surface area contributed by atoms with E-state index in [0.717, 1.165) is 36.8 Å². The largest absolute Gasteiger partial charge is 0.214 e. The molecule has 1 N–H and O–H groups in total. The quantitative estimate of drug-likeness (QED) is 0.806. The number of hydrogen-bond donors (Lipinski definition) is 1. The molecule has 1 saturated carbocycles. The van der Waals surface area contributed by atoms with Crippen molar-refractivity contribution in [2.24, 2.45) is 5.92 Å². The highest BCUT2D eigenvalue weighted by atomic mass is 32.2. The Morgan fingerprint density at radius 3 is 2.42 bits per heavy atom. The molecule has 3 rings (SSSR count). The topological polar surface area (TPSA) is 46.2 Å². The summed E-state index contributed by atoms with van der Waals surface area (Å²) in [4.78, 5) is 0. The lowest BCUT2D eigenvalue weighted by Gasteiger charge is -2.22. The van der Waals surface area contributed by atoms with Crippen molar-refractivity contribution in [1.29, 1.82) is 0 Å². The molecule has 140 valence electrons. The third-order valence-corrected chi connectivity index (χ3v) is 7.10. The molecule has 1 fully saturated rings. The molecule has 0 spiro atoms. The van der Waals surface area contributed by atoms with E-state index in [4.69, 9.17) is 0 Å². The number of nitrogens with one attached hydrogen (secondary N) is 1. The van der Waals surface area contributed by atoms with Gasteiger partial charge in [-0.25, -0.2) is 17.5 Å². The summed E-state index contributed by atoms with van der Waals surface area (Å²) in [5.41, 5.74) is 2.61. The second-order valence-electron chi connectivity index (χ2n) is 7.39. The molecule has 2 aromatic rings. The van der Waals surface area contributed by atoms with Gasteiger partial charge in [-0.15, -0.1) is 0 Å². The van der Waals surface area contributed by atoms with Crippen molar-refractivity contribution in [3.8, 4) is 11.1 Å². The minimum absolute atomic E-state index is 0.00800. The molecule has 0 unspecified atom stereocenters. The van der Waals surface area contributed by atoms with Crippen LogP contribution >= 0.6 is 0 Å². The summed E-state index contributed by atoms with van der Waals surface area (Å²) in [7, 11) is -3.25. The Balaban J connectivity index is 1.70. The molecule has 0 saturated heterocycles. The first-order valence-corrected chi connectivity index (χ1v) is 10.8. The van der Waals surface area contributed by atoms with Crippen LogP contribution in [0.2, 0.25) is 0 Å². The molecule has 0 amide bonds. The highest BCUT2D eigenvalue weighted by Gasteiger charge is 2.31. The smallest absolute Gasteiger partial charge is 0.212 e. The molecule has 0 bridgehead atoms. The van der Waals surface area contributed by atoms with Crippen molar-refractivity contribution in [3.63, 3.8) is 0 Å². The molecule has 1 aliphatic carbocycles. The lowest BCUT2D eigenvalue weighted by atomic mass is 9.94. The Bertz CT molecular complexity index is 847. The van der Waals surface area contributed by atoms with E-state index in [1.54, 1.807) is 26.0 Å². The Kier molecular flexibility index (Phi) is 5.78. The maximum absolute atomic E-state index is 13.9. The average molecular weight is 376 g/mol. The fourth-order valence-corrected chi connectivity index (χ4v) is 4.61. The van der Waals surface area contributed by atoms with Crippen molar-refractivity contribution in [3.05, 3.63) is 59.9 Å². The molecule has 5 heteroatoms. The second kappa shape index (κ2) is 7.89. The molecular formula is C21H26FNO2S. The lowest BCUT2D eigenvalue weighted by Crippen LogP contribution is -2.41. The van der Waals surface area contributed by atoms with Crippen LogP contribution < -0.4 is 4.72 Å².